The zero-order valence-corrected chi connectivity index (χ0v) is 18.2. The van der Waals surface area contributed by atoms with Gasteiger partial charge in [-0.25, -0.2) is 4.98 Å². The molecule has 0 radical (unpaired) electrons. The number of amides is 1. The standard InChI is InChI=1S/C23H25N3O3S/c1-15(14-29-3)26-22(28)18-9-5-6-10-19(18)24-23(26)30-16(2)21(27)25-13-12-17-8-4-7-11-20(17)25/h4-11,15-16H,12-14H2,1-3H3. The number of hydrogen-bond donors (Lipinski definition) is 0. The van der Waals surface area contributed by atoms with Crippen LogP contribution in [-0.4, -0.2) is 41.0 Å². The molecular weight excluding hydrogens is 398 g/mol. The number of thioether (sulfide) groups is 1. The van der Waals surface area contributed by atoms with E-state index in [1.807, 2.05) is 55.1 Å². The van der Waals surface area contributed by atoms with Gasteiger partial charge in [0.1, 0.15) is 0 Å². The third-order valence-electron chi connectivity index (χ3n) is 5.41. The first-order valence-corrected chi connectivity index (χ1v) is 11.0. The summed E-state index contributed by atoms with van der Waals surface area (Å²) < 4.78 is 6.93. The normalized spacial score (nSPS) is 15.2. The number of methoxy groups -OCH3 is 1. The number of ether oxygens (including phenoxy) is 1. The van der Waals surface area contributed by atoms with E-state index in [2.05, 4.69) is 6.07 Å². The van der Waals surface area contributed by atoms with Gasteiger partial charge in [-0.2, -0.15) is 0 Å². The molecule has 4 rings (SSSR count). The molecule has 156 valence electrons. The van der Waals surface area contributed by atoms with Crippen molar-refractivity contribution in [1.82, 2.24) is 9.55 Å². The van der Waals surface area contributed by atoms with Crippen LogP contribution in [0.5, 0.6) is 0 Å². The lowest BCUT2D eigenvalue weighted by molar-refractivity contribution is -0.117. The SMILES string of the molecule is COCC(C)n1c(SC(C)C(=O)N2CCc3ccccc32)nc2ccccc2c1=O. The summed E-state index contributed by atoms with van der Waals surface area (Å²) in [6, 6.07) is 15.1. The predicted octanol–water partition coefficient (Wildman–Crippen LogP) is 3.67. The highest BCUT2D eigenvalue weighted by Gasteiger charge is 2.29. The summed E-state index contributed by atoms with van der Waals surface area (Å²) in [4.78, 5) is 33.0. The summed E-state index contributed by atoms with van der Waals surface area (Å²) in [5, 5.41) is 0.721. The maximum atomic E-state index is 13.2. The van der Waals surface area contributed by atoms with Gasteiger partial charge >= 0.3 is 0 Å². The third kappa shape index (κ3) is 3.75. The number of hydrogen-bond acceptors (Lipinski definition) is 5. The van der Waals surface area contributed by atoms with Crippen LogP contribution in [0.4, 0.5) is 5.69 Å². The molecule has 1 amide bonds. The molecular formula is C23H25N3O3S. The van der Waals surface area contributed by atoms with E-state index in [9.17, 15) is 9.59 Å². The molecule has 2 atom stereocenters. The average Bonchev–Trinajstić information content (AvgIpc) is 3.17. The van der Waals surface area contributed by atoms with E-state index >= 15 is 0 Å². The number of anilines is 1. The third-order valence-corrected chi connectivity index (χ3v) is 6.46. The summed E-state index contributed by atoms with van der Waals surface area (Å²) in [6.45, 7) is 4.87. The molecule has 0 saturated heterocycles. The zero-order valence-electron chi connectivity index (χ0n) is 17.4. The van der Waals surface area contributed by atoms with E-state index in [4.69, 9.17) is 9.72 Å². The van der Waals surface area contributed by atoms with Gasteiger partial charge in [0.15, 0.2) is 5.16 Å². The monoisotopic (exact) mass is 423 g/mol. The molecule has 7 heteroatoms. The van der Waals surface area contributed by atoms with Crippen molar-refractivity contribution in [3.8, 4) is 0 Å². The maximum Gasteiger partial charge on any atom is 0.262 e. The molecule has 3 aromatic rings. The van der Waals surface area contributed by atoms with Crippen LogP contribution in [0.25, 0.3) is 10.9 Å². The van der Waals surface area contributed by atoms with Crippen molar-refractivity contribution in [2.45, 2.75) is 36.7 Å². The first-order chi connectivity index (χ1) is 14.5. The van der Waals surface area contributed by atoms with Crippen LogP contribution in [0.2, 0.25) is 0 Å². The Morgan fingerprint density at radius 3 is 2.70 bits per heavy atom. The average molecular weight is 424 g/mol. The van der Waals surface area contributed by atoms with Gasteiger partial charge in [-0.1, -0.05) is 42.1 Å². The fourth-order valence-corrected chi connectivity index (χ4v) is 4.98. The zero-order chi connectivity index (χ0) is 21.3. The van der Waals surface area contributed by atoms with Crippen molar-refractivity contribution in [3.63, 3.8) is 0 Å². The number of nitrogens with zero attached hydrogens (tertiary/aromatic N) is 3. The molecule has 2 heterocycles. The maximum absolute atomic E-state index is 13.2. The Labute approximate surface area is 179 Å². The Morgan fingerprint density at radius 1 is 1.17 bits per heavy atom. The molecule has 0 spiro atoms. The topological polar surface area (TPSA) is 64.4 Å². The molecule has 0 bridgehead atoms. The van der Waals surface area contributed by atoms with Crippen molar-refractivity contribution in [2.75, 3.05) is 25.2 Å². The van der Waals surface area contributed by atoms with E-state index in [-0.39, 0.29) is 22.8 Å². The van der Waals surface area contributed by atoms with Crippen LogP contribution in [-0.2, 0) is 16.0 Å². The smallest absolute Gasteiger partial charge is 0.262 e. The Kier molecular flexibility index (Phi) is 5.92. The summed E-state index contributed by atoms with van der Waals surface area (Å²) in [7, 11) is 1.61. The largest absolute Gasteiger partial charge is 0.383 e. The molecule has 2 aromatic carbocycles. The van der Waals surface area contributed by atoms with Gasteiger partial charge in [0.25, 0.3) is 5.56 Å². The van der Waals surface area contributed by atoms with Gasteiger partial charge < -0.3 is 9.64 Å². The van der Waals surface area contributed by atoms with E-state index < -0.39 is 0 Å². The van der Waals surface area contributed by atoms with Crippen LogP contribution < -0.4 is 10.5 Å². The van der Waals surface area contributed by atoms with Gasteiger partial charge in [-0.15, -0.1) is 0 Å². The Morgan fingerprint density at radius 2 is 1.90 bits per heavy atom. The van der Waals surface area contributed by atoms with Crippen LogP contribution in [0, 0.1) is 0 Å². The summed E-state index contributed by atoms with van der Waals surface area (Å²) in [5.74, 6) is 0.0262. The molecule has 1 aliphatic rings. The molecule has 1 aromatic heterocycles. The highest BCUT2D eigenvalue weighted by Crippen LogP contribution is 2.32. The molecule has 0 N–H and O–H groups in total. The lowest BCUT2D eigenvalue weighted by Gasteiger charge is -2.23. The van der Waals surface area contributed by atoms with Crippen LogP contribution in [0.3, 0.4) is 0 Å². The molecule has 6 nitrogen and oxygen atoms in total. The van der Waals surface area contributed by atoms with Crippen molar-refractivity contribution in [3.05, 3.63) is 64.4 Å². The summed E-state index contributed by atoms with van der Waals surface area (Å²) in [6.07, 6.45) is 0.864. The number of aromatic nitrogens is 2. The molecule has 2 unspecified atom stereocenters. The highest BCUT2D eigenvalue weighted by atomic mass is 32.2. The quantitative estimate of drug-likeness (QED) is 0.447. The van der Waals surface area contributed by atoms with Gasteiger partial charge in [-0.05, 0) is 44.0 Å². The lowest BCUT2D eigenvalue weighted by atomic mass is 10.2. The van der Waals surface area contributed by atoms with E-state index in [0.29, 0.717) is 29.2 Å². The van der Waals surface area contributed by atoms with Crippen molar-refractivity contribution >= 4 is 34.3 Å². The van der Waals surface area contributed by atoms with E-state index in [0.717, 1.165) is 12.1 Å². The van der Waals surface area contributed by atoms with Crippen molar-refractivity contribution in [2.24, 2.45) is 0 Å². The highest BCUT2D eigenvalue weighted by molar-refractivity contribution is 8.00. The number of carbonyl (C=O) groups excluding carboxylic acids is 1. The molecule has 0 fully saturated rings. The number of fused-ring (bicyclic) bond motifs is 2. The fourth-order valence-electron chi connectivity index (χ4n) is 3.91. The summed E-state index contributed by atoms with van der Waals surface area (Å²) >= 11 is 1.33. The Balaban J connectivity index is 1.68. The first kappa shape index (κ1) is 20.6. The second-order valence-electron chi connectivity index (χ2n) is 7.52. The van der Waals surface area contributed by atoms with Crippen LogP contribution in [0.1, 0.15) is 25.5 Å². The van der Waals surface area contributed by atoms with E-state index in [1.165, 1.54) is 17.3 Å². The Hall–Kier alpha value is -2.64. The number of carbonyl (C=O) groups is 1. The van der Waals surface area contributed by atoms with Crippen molar-refractivity contribution < 1.29 is 9.53 Å². The second kappa shape index (κ2) is 8.62. The molecule has 30 heavy (non-hydrogen) atoms. The van der Waals surface area contributed by atoms with Gasteiger partial charge in [0.05, 0.1) is 28.8 Å². The second-order valence-corrected chi connectivity index (χ2v) is 8.83. The molecule has 1 aliphatic heterocycles. The number of benzene rings is 2. The predicted molar refractivity (Wildman–Crippen MR) is 120 cm³/mol. The Bertz CT molecular complexity index is 1140. The van der Waals surface area contributed by atoms with Crippen LogP contribution >= 0.6 is 11.8 Å². The number of rotatable bonds is 6. The van der Waals surface area contributed by atoms with E-state index in [1.54, 1.807) is 17.7 Å². The first-order valence-electron chi connectivity index (χ1n) is 10.1. The minimum Gasteiger partial charge on any atom is -0.383 e. The number of para-hydroxylation sites is 2. The van der Waals surface area contributed by atoms with Gasteiger partial charge in [-0.3, -0.25) is 14.2 Å². The summed E-state index contributed by atoms with van der Waals surface area (Å²) in [5.41, 5.74) is 2.69. The fraction of sp³-hybridized carbons (Fsp3) is 0.348. The molecule has 0 aliphatic carbocycles. The molecule has 0 saturated carbocycles. The minimum atomic E-state index is -0.384. The van der Waals surface area contributed by atoms with Crippen molar-refractivity contribution in [1.29, 1.82) is 0 Å². The van der Waals surface area contributed by atoms with Gasteiger partial charge in [0.2, 0.25) is 5.91 Å². The lowest BCUT2D eigenvalue weighted by Crippen LogP contribution is -2.36. The van der Waals surface area contributed by atoms with Crippen LogP contribution in [0.15, 0.2) is 58.5 Å². The van der Waals surface area contributed by atoms with Gasteiger partial charge in [0, 0.05) is 19.3 Å². The minimum absolute atomic E-state index is 0.0262.